The van der Waals surface area contributed by atoms with Gasteiger partial charge in [-0.1, -0.05) is 45.8 Å². The quantitative estimate of drug-likeness (QED) is 0.580. The first-order chi connectivity index (χ1) is 10.6. The van der Waals surface area contributed by atoms with Crippen LogP contribution in [0.15, 0.2) is 53.0 Å². The van der Waals surface area contributed by atoms with Crippen molar-refractivity contribution in [3.63, 3.8) is 0 Å². The lowest BCUT2D eigenvalue weighted by atomic mass is 10.2. The molecule has 2 aromatic rings. The first-order valence-electron chi connectivity index (χ1n) is 6.82. The highest BCUT2D eigenvalue weighted by Gasteiger charge is 2.03. The fraction of sp³-hybridized carbons (Fsp3) is 0.167. The van der Waals surface area contributed by atoms with E-state index < -0.39 is 0 Å². The van der Waals surface area contributed by atoms with Crippen molar-refractivity contribution in [1.29, 1.82) is 0 Å². The molecule has 0 N–H and O–H groups in total. The second-order valence-electron chi connectivity index (χ2n) is 4.81. The van der Waals surface area contributed by atoms with Crippen molar-refractivity contribution in [2.75, 3.05) is 7.11 Å². The Labute approximate surface area is 138 Å². The molecule has 0 amide bonds. The van der Waals surface area contributed by atoms with Crippen molar-refractivity contribution in [3.8, 4) is 5.75 Å². The van der Waals surface area contributed by atoms with E-state index >= 15 is 0 Å². The number of ether oxygens (including phenoxy) is 2. The standard InChI is InChI=1S/C18H17BrO3/c1-13-3-5-14(6-4-13)12-22-18(20)10-7-15-11-16(19)8-9-17(15)21-2/h3-11H,12H2,1-2H3/b10-7+. The first-order valence-corrected chi connectivity index (χ1v) is 7.61. The highest BCUT2D eigenvalue weighted by molar-refractivity contribution is 9.10. The molecule has 2 aromatic carbocycles. The Morgan fingerprint density at radius 2 is 1.91 bits per heavy atom. The molecule has 0 radical (unpaired) electrons. The number of hydrogen-bond acceptors (Lipinski definition) is 3. The zero-order valence-corrected chi connectivity index (χ0v) is 14.1. The van der Waals surface area contributed by atoms with E-state index in [0.717, 1.165) is 15.6 Å². The van der Waals surface area contributed by atoms with E-state index in [1.165, 1.54) is 11.6 Å². The summed E-state index contributed by atoms with van der Waals surface area (Å²) in [5.74, 6) is 0.313. The second-order valence-corrected chi connectivity index (χ2v) is 5.73. The molecular formula is C18H17BrO3. The summed E-state index contributed by atoms with van der Waals surface area (Å²) in [4.78, 5) is 11.8. The van der Waals surface area contributed by atoms with Gasteiger partial charge in [-0.2, -0.15) is 0 Å². The van der Waals surface area contributed by atoms with Crippen LogP contribution in [0.2, 0.25) is 0 Å². The number of halogens is 1. The number of hydrogen-bond donors (Lipinski definition) is 0. The predicted molar refractivity (Wildman–Crippen MR) is 90.7 cm³/mol. The molecule has 4 heteroatoms. The molecule has 0 aliphatic rings. The number of benzene rings is 2. The summed E-state index contributed by atoms with van der Waals surface area (Å²) in [7, 11) is 1.59. The summed E-state index contributed by atoms with van der Waals surface area (Å²) in [5, 5.41) is 0. The SMILES string of the molecule is COc1ccc(Br)cc1/C=C/C(=O)OCc1ccc(C)cc1. The Balaban J connectivity index is 1.96. The van der Waals surface area contributed by atoms with Gasteiger partial charge < -0.3 is 9.47 Å². The normalized spacial score (nSPS) is 10.7. The van der Waals surface area contributed by atoms with Gasteiger partial charge in [0.2, 0.25) is 0 Å². The Morgan fingerprint density at radius 1 is 1.18 bits per heavy atom. The van der Waals surface area contributed by atoms with Gasteiger partial charge in [-0.15, -0.1) is 0 Å². The lowest BCUT2D eigenvalue weighted by Crippen LogP contribution is -2.00. The molecule has 114 valence electrons. The van der Waals surface area contributed by atoms with Crippen molar-refractivity contribution in [2.24, 2.45) is 0 Å². The highest BCUT2D eigenvalue weighted by atomic mass is 79.9. The maximum atomic E-state index is 11.8. The molecular weight excluding hydrogens is 344 g/mol. The van der Waals surface area contributed by atoms with Crippen molar-refractivity contribution in [3.05, 3.63) is 69.7 Å². The molecule has 0 aliphatic heterocycles. The van der Waals surface area contributed by atoms with Gasteiger partial charge in [-0.05, 0) is 36.8 Å². The summed E-state index contributed by atoms with van der Waals surface area (Å²) < 4.78 is 11.4. The van der Waals surface area contributed by atoms with Gasteiger partial charge in [-0.3, -0.25) is 0 Å². The number of aryl methyl sites for hydroxylation is 1. The molecule has 0 unspecified atom stereocenters. The van der Waals surface area contributed by atoms with Crippen molar-refractivity contribution >= 4 is 28.0 Å². The van der Waals surface area contributed by atoms with Crippen LogP contribution < -0.4 is 4.74 Å². The fourth-order valence-electron chi connectivity index (χ4n) is 1.88. The fourth-order valence-corrected chi connectivity index (χ4v) is 2.26. The van der Waals surface area contributed by atoms with E-state index in [9.17, 15) is 4.79 Å². The van der Waals surface area contributed by atoms with E-state index in [2.05, 4.69) is 15.9 Å². The van der Waals surface area contributed by atoms with E-state index in [1.807, 2.05) is 49.4 Å². The summed E-state index contributed by atoms with van der Waals surface area (Å²) >= 11 is 3.39. The van der Waals surface area contributed by atoms with Crippen LogP contribution in [0.4, 0.5) is 0 Å². The summed E-state index contributed by atoms with van der Waals surface area (Å²) in [6, 6.07) is 13.5. The third-order valence-electron chi connectivity index (χ3n) is 3.09. The van der Waals surface area contributed by atoms with Gasteiger partial charge in [0.05, 0.1) is 7.11 Å². The van der Waals surface area contributed by atoms with Crippen LogP contribution in [0.3, 0.4) is 0 Å². The second kappa shape index (κ2) is 7.80. The molecule has 2 rings (SSSR count). The maximum Gasteiger partial charge on any atom is 0.331 e. The van der Waals surface area contributed by atoms with Gasteiger partial charge in [0.15, 0.2) is 0 Å². The average molecular weight is 361 g/mol. The lowest BCUT2D eigenvalue weighted by molar-refractivity contribution is -0.138. The van der Waals surface area contributed by atoms with Crippen molar-refractivity contribution in [1.82, 2.24) is 0 Å². The number of carbonyl (C=O) groups excluding carboxylic acids is 1. The van der Waals surface area contributed by atoms with Crippen LogP contribution >= 0.6 is 15.9 Å². The van der Waals surface area contributed by atoms with Crippen LogP contribution in [0, 0.1) is 6.92 Å². The zero-order chi connectivity index (χ0) is 15.9. The van der Waals surface area contributed by atoms with Crippen molar-refractivity contribution < 1.29 is 14.3 Å². The van der Waals surface area contributed by atoms with E-state index in [0.29, 0.717) is 5.75 Å². The highest BCUT2D eigenvalue weighted by Crippen LogP contribution is 2.24. The van der Waals surface area contributed by atoms with Crippen LogP contribution in [-0.2, 0) is 16.1 Å². The van der Waals surface area contributed by atoms with Gasteiger partial charge in [0.1, 0.15) is 12.4 Å². The topological polar surface area (TPSA) is 35.5 Å². The molecule has 0 saturated carbocycles. The summed E-state index contributed by atoms with van der Waals surface area (Å²) in [6.45, 7) is 2.28. The number of carbonyl (C=O) groups is 1. The first kappa shape index (κ1) is 16.3. The van der Waals surface area contributed by atoms with Crippen LogP contribution in [-0.4, -0.2) is 13.1 Å². The molecule has 3 nitrogen and oxygen atoms in total. The Hall–Kier alpha value is -2.07. The minimum absolute atomic E-state index is 0.263. The monoisotopic (exact) mass is 360 g/mol. The average Bonchev–Trinajstić information content (AvgIpc) is 2.52. The zero-order valence-electron chi connectivity index (χ0n) is 12.5. The maximum absolute atomic E-state index is 11.8. The van der Waals surface area contributed by atoms with Gasteiger partial charge in [0, 0.05) is 16.1 Å². The Kier molecular flexibility index (Phi) is 5.78. The number of rotatable bonds is 5. The van der Waals surface area contributed by atoms with Gasteiger partial charge in [-0.25, -0.2) is 4.79 Å². The van der Waals surface area contributed by atoms with E-state index in [1.54, 1.807) is 13.2 Å². The molecule has 0 heterocycles. The molecule has 0 aromatic heterocycles. The molecule has 0 saturated heterocycles. The van der Waals surface area contributed by atoms with E-state index in [4.69, 9.17) is 9.47 Å². The smallest absolute Gasteiger partial charge is 0.331 e. The largest absolute Gasteiger partial charge is 0.496 e. The minimum Gasteiger partial charge on any atom is -0.496 e. The van der Waals surface area contributed by atoms with Crippen molar-refractivity contribution in [2.45, 2.75) is 13.5 Å². The molecule has 0 aliphatic carbocycles. The van der Waals surface area contributed by atoms with Crippen LogP contribution in [0.5, 0.6) is 5.75 Å². The molecule has 22 heavy (non-hydrogen) atoms. The molecule has 0 bridgehead atoms. The predicted octanol–water partition coefficient (Wildman–Crippen LogP) is 4.52. The lowest BCUT2D eigenvalue weighted by Gasteiger charge is -2.05. The third kappa shape index (κ3) is 4.74. The molecule has 0 atom stereocenters. The van der Waals surface area contributed by atoms with Gasteiger partial charge >= 0.3 is 5.97 Å². The molecule has 0 fully saturated rings. The summed E-state index contributed by atoms with van der Waals surface area (Å²) in [6.07, 6.45) is 3.08. The minimum atomic E-state index is -0.386. The number of esters is 1. The molecule has 0 spiro atoms. The van der Waals surface area contributed by atoms with Gasteiger partial charge in [0.25, 0.3) is 0 Å². The number of methoxy groups -OCH3 is 1. The third-order valence-corrected chi connectivity index (χ3v) is 3.59. The summed E-state index contributed by atoms with van der Waals surface area (Å²) in [5.41, 5.74) is 2.95. The van der Waals surface area contributed by atoms with E-state index in [-0.39, 0.29) is 12.6 Å². The Morgan fingerprint density at radius 3 is 2.59 bits per heavy atom. The Bertz CT molecular complexity index is 675. The van der Waals surface area contributed by atoms with Crippen LogP contribution in [0.25, 0.3) is 6.08 Å². The van der Waals surface area contributed by atoms with Crippen LogP contribution in [0.1, 0.15) is 16.7 Å².